The van der Waals surface area contributed by atoms with E-state index in [-0.39, 0.29) is 95.3 Å². The van der Waals surface area contributed by atoms with Crippen molar-refractivity contribution < 1.29 is 99.7 Å². The summed E-state index contributed by atoms with van der Waals surface area (Å²) in [6.45, 7) is 16.6. The molecular formula is C77H112F2N8O19. The zero-order valence-electron chi connectivity index (χ0n) is 62.8. The van der Waals surface area contributed by atoms with Crippen LogP contribution in [0.4, 0.5) is 24.1 Å². The van der Waals surface area contributed by atoms with E-state index in [0.717, 1.165) is 50.0 Å². The number of alkyl halides is 2. The fraction of sp³-hybridized carbons (Fsp3) is 0.714. The number of aliphatic hydroxyl groups excluding tert-OH is 1. The van der Waals surface area contributed by atoms with Crippen molar-refractivity contribution in [1.29, 1.82) is 0 Å². The number of ether oxygens (including phenoxy) is 8. The highest BCUT2D eigenvalue weighted by Crippen LogP contribution is 2.72. The van der Waals surface area contributed by atoms with Crippen molar-refractivity contribution in [3.63, 3.8) is 0 Å². The zero-order chi connectivity index (χ0) is 77.2. The molecule has 1 aromatic rings. The number of rotatable bonds is 41. The lowest BCUT2D eigenvalue weighted by Crippen LogP contribution is -2.71. The number of hydrogen-bond acceptors (Lipinski definition) is 19. The summed E-state index contributed by atoms with van der Waals surface area (Å²) < 4.78 is 80.7. The number of nitrogens with one attached hydrogen (secondary N) is 7. The lowest BCUT2D eigenvalue weighted by atomic mass is 9.44. The smallest absolute Gasteiger partial charge is 0.408 e. The van der Waals surface area contributed by atoms with Crippen molar-refractivity contribution in [3.8, 4) is 11.8 Å². The molecule has 6 aliphatic carbocycles. The van der Waals surface area contributed by atoms with E-state index in [1.807, 2.05) is 20.8 Å². The van der Waals surface area contributed by atoms with E-state index >= 15 is 8.78 Å². The van der Waals surface area contributed by atoms with E-state index in [4.69, 9.17) is 43.6 Å². The van der Waals surface area contributed by atoms with E-state index in [0.29, 0.717) is 76.0 Å². The number of carbonyl (C=O) groups is 10. The van der Waals surface area contributed by atoms with Crippen LogP contribution >= 0.6 is 0 Å². The number of urea groups is 1. The molecular weight excluding hydrogens is 1380 g/mol. The number of primary amides is 1. The summed E-state index contributed by atoms with van der Waals surface area (Å²) in [7, 11) is 0. The Labute approximate surface area is 620 Å². The highest BCUT2D eigenvalue weighted by molar-refractivity contribution is 6.02. The van der Waals surface area contributed by atoms with E-state index in [1.165, 1.54) is 45.1 Å². The van der Waals surface area contributed by atoms with Crippen molar-refractivity contribution in [2.24, 2.45) is 58.0 Å². The van der Waals surface area contributed by atoms with Crippen LogP contribution in [-0.4, -0.2) is 196 Å². The second kappa shape index (κ2) is 38.1. The van der Waals surface area contributed by atoms with Gasteiger partial charge < -0.3 is 86.0 Å². The van der Waals surface area contributed by atoms with E-state index in [9.17, 15) is 53.1 Å². The zero-order valence-corrected chi connectivity index (χ0v) is 62.8. The fourth-order valence-electron chi connectivity index (χ4n) is 16.6. The number of esters is 1. The molecule has 5 fully saturated rings. The van der Waals surface area contributed by atoms with Gasteiger partial charge in [-0.3, -0.25) is 33.6 Å². The van der Waals surface area contributed by atoms with Gasteiger partial charge in [-0.05, 0) is 156 Å². The molecule has 27 nitrogen and oxygen atoms in total. The first-order valence-electron chi connectivity index (χ1n) is 37.7. The van der Waals surface area contributed by atoms with Crippen LogP contribution < -0.4 is 43.0 Å². The highest BCUT2D eigenvalue weighted by Gasteiger charge is 2.80. The number of alkyl carbamates (subject to hydrolysis) is 1. The summed E-state index contributed by atoms with van der Waals surface area (Å²) in [6, 6.07) is 2.05. The third-order valence-corrected chi connectivity index (χ3v) is 22.1. The number of fused-ring (bicyclic) bond motifs is 8. The number of carbonyl (C=O) groups excluding carboxylic acids is 10. The maximum atomic E-state index is 18.1. The topological polar surface area (TPSA) is 375 Å². The first kappa shape index (κ1) is 84.2. The van der Waals surface area contributed by atoms with Gasteiger partial charge in [-0.25, -0.2) is 23.2 Å². The van der Waals surface area contributed by atoms with Crippen molar-refractivity contribution >= 4 is 64.9 Å². The molecule has 8 rings (SSSR count). The Balaban J connectivity index is 0.738. The van der Waals surface area contributed by atoms with Crippen LogP contribution in [0, 0.1) is 64.1 Å². The van der Waals surface area contributed by atoms with Crippen LogP contribution in [0.25, 0.3) is 0 Å². The fourth-order valence-corrected chi connectivity index (χ4v) is 16.6. The summed E-state index contributed by atoms with van der Waals surface area (Å²) in [5.74, 6) is 1.48. The minimum absolute atomic E-state index is 0.0435. The van der Waals surface area contributed by atoms with Crippen LogP contribution in [-0.2, 0) is 82.9 Å². The molecule has 10 N–H and O–H groups in total. The second-order valence-electron chi connectivity index (χ2n) is 30.8. The summed E-state index contributed by atoms with van der Waals surface area (Å²) in [4.78, 5) is 133. The third kappa shape index (κ3) is 20.9. The Hall–Kier alpha value is -7.46. The van der Waals surface area contributed by atoms with E-state index < -0.39 is 148 Å². The maximum Gasteiger partial charge on any atom is 0.408 e. The molecule has 29 heteroatoms. The van der Waals surface area contributed by atoms with Gasteiger partial charge in [-0.2, -0.15) is 0 Å². The third-order valence-electron chi connectivity index (χ3n) is 22.1. The molecule has 0 spiro atoms. The number of aliphatic hydroxyl groups is 1. The van der Waals surface area contributed by atoms with Crippen molar-refractivity contribution in [2.75, 3.05) is 77.9 Å². The number of nitrogens with two attached hydrogens (primary N) is 1. The van der Waals surface area contributed by atoms with Gasteiger partial charge in [0.05, 0.1) is 65.1 Å². The number of amides is 8. The quantitative estimate of drug-likeness (QED) is 0.0196. The molecule has 1 heterocycles. The van der Waals surface area contributed by atoms with Crippen molar-refractivity contribution in [3.05, 3.63) is 53.6 Å². The Bertz CT molecular complexity index is 3380. The molecule has 8 amide bonds. The van der Waals surface area contributed by atoms with Gasteiger partial charge in [-0.15, -0.1) is 11.8 Å². The number of ketones is 2. The largest absolute Gasteiger partial charge is 0.456 e. The number of Topliss-reactive ketones (excluding diaryl/α,β-unsaturated/α-hetero) is 1. The Morgan fingerprint density at radius 2 is 1.42 bits per heavy atom. The van der Waals surface area contributed by atoms with Crippen LogP contribution in [0.1, 0.15) is 164 Å². The molecule has 16 atom stereocenters. The minimum atomic E-state index is -2.43. The van der Waals surface area contributed by atoms with Crippen LogP contribution in [0.2, 0.25) is 0 Å². The number of halogens is 2. The monoisotopic (exact) mass is 1490 g/mol. The molecule has 1 aliphatic heterocycles. The molecule has 0 aromatic heterocycles. The second-order valence-corrected chi connectivity index (χ2v) is 30.8. The first-order chi connectivity index (χ1) is 50.4. The summed E-state index contributed by atoms with van der Waals surface area (Å²) in [5.41, 5.74) is -3.11. The van der Waals surface area contributed by atoms with Gasteiger partial charge in [-0.1, -0.05) is 66.2 Å². The summed E-state index contributed by atoms with van der Waals surface area (Å²) in [5, 5.41) is 30.9. The number of benzene rings is 1. The highest BCUT2D eigenvalue weighted by atomic mass is 19.1. The van der Waals surface area contributed by atoms with Crippen molar-refractivity contribution in [2.45, 2.75) is 225 Å². The summed E-state index contributed by atoms with van der Waals surface area (Å²) in [6.07, 6.45) is 3.78. The number of allylic oxidation sites excluding steroid dienone is 4. The number of hydrogen-bond donors (Lipinski definition) is 9. The van der Waals surface area contributed by atoms with E-state index in [2.05, 4.69) is 49.1 Å². The molecule has 1 unspecified atom stereocenters. The lowest BCUT2D eigenvalue weighted by Gasteiger charge is -2.63. The Kier molecular flexibility index (Phi) is 30.2. The van der Waals surface area contributed by atoms with Gasteiger partial charge in [0.25, 0.3) is 0 Å². The Morgan fingerprint density at radius 3 is 2.05 bits per heavy atom. The molecule has 1 aromatic carbocycles. The van der Waals surface area contributed by atoms with Crippen molar-refractivity contribution in [1.82, 2.24) is 31.9 Å². The van der Waals surface area contributed by atoms with Gasteiger partial charge in [0, 0.05) is 61.2 Å². The average Bonchev–Trinajstić information content (AvgIpc) is 1.43. The predicted octanol–water partition coefficient (Wildman–Crippen LogP) is 6.35. The first-order valence-corrected chi connectivity index (χ1v) is 37.7. The molecule has 0 radical (unpaired) electrons. The Morgan fingerprint density at radius 1 is 0.764 bits per heavy atom. The molecule has 1 saturated heterocycles. The molecule has 588 valence electrons. The molecule has 0 bridgehead atoms. The normalized spacial score (nSPS) is 28.3. The SMILES string of the molecule is CCCC1O[C@@H]2C[C@H]3[C@@H]4C[C@H](F)C5=CC(=O)C=C[C@]5(C)[C@@]4(F)[C@@H](O)C[C@]3(C)[C@]2(C(=O)COC(=O)C(C)(C)NC(=O)[C@H](CC(C)C)NC(=O)OCc2ccc(NC(=O)[C@H](CCCNC(N)=O)NC(=O)[C@@H](NC(=O)CCOCCOCCOCCOCCNC(=O)CC[C@@H]3[C@@H]4CCC#CCC[C@@H]43)C(C)C)cc2)O1. The lowest BCUT2D eigenvalue weighted by molar-refractivity contribution is -0.235. The van der Waals surface area contributed by atoms with Gasteiger partial charge in [0.15, 0.2) is 29.9 Å². The van der Waals surface area contributed by atoms with Crippen LogP contribution in [0.15, 0.2) is 48.1 Å². The van der Waals surface area contributed by atoms with Gasteiger partial charge in [0.2, 0.25) is 35.3 Å². The van der Waals surface area contributed by atoms with Crippen LogP contribution in [0.5, 0.6) is 0 Å². The van der Waals surface area contributed by atoms with Gasteiger partial charge >= 0.3 is 18.1 Å². The van der Waals surface area contributed by atoms with Gasteiger partial charge in [0.1, 0.15) is 36.4 Å². The standard InChI is InChI=1S/C77H112F2N8O19/c1-10-16-65-105-62-42-54-55-41-57(78)56-40-50(88)26-28-74(56,8)76(55,79)60(89)43-75(54,9)77(62,106-65)61(90)45-103-70(96)73(6,7)87-68(94)59(39-46(2)3)85-72(98)104-44-48-20-22-49(23-21-48)83-67(93)58(19-15-29-82-71(80)97)84-69(95)66(47(4)5)86-64(92)27-31-99-33-35-101-37-38-102-36-34-100-32-30-81-63(91)25-24-53-51-17-13-11-12-14-18-52(51)53/h20-23,26,28,40,46-47,51-55,57-60,62,65-66,89H,10,13-19,24-25,27,29-39,41-45H2,1-9H3,(H,81,91)(H,83,93)(H,84,95)(H,85,98)(H,86,92)(H,87,94)(H3,80,82,97)/t51-,52+,53-,54-,55-,57-,58-,59-,60-,62+,65?,66-,74-,75-,76-,77+/m0/s1. The number of anilines is 1. The molecule has 106 heavy (non-hydrogen) atoms. The average molecular weight is 1490 g/mol. The van der Waals surface area contributed by atoms with Crippen LogP contribution in [0.3, 0.4) is 0 Å². The van der Waals surface area contributed by atoms with E-state index in [1.54, 1.807) is 32.9 Å². The molecule has 7 aliphatic rings. The maximum absolute atomic E-state index is 18.1. The predicted molar refractivity (Wildman–Crippen MR) is 384 cm³/mol. The summed E-state index contributed by atoms with van der Waals surface area (Å²) >= 11 is 0. The molecule has 4 saturated carbocycles. The minimum Gasteiger partial charge on any atom is -0.456 e.